The van der Waals surface area contributed by atoms with Crippen LogP contribution in [-0.4, -0.2) is 18.0 Å². The fourth-order valence-corrected chi connectivity index (χ4v) is 3.89. The molecule has 0 spiro atoms. The summed E-state index contributed by atoms with van der Waals surface area (Å²) in [5, 5.41) is 11.1. The third kappa shape index (κ3) is 3.55. The highest BCUT2D eigenvalue weighted by molar-refractivity contribution is 5.92. The van der Waals surface area contributed by atoms with Gasteiger partial charge in [0, 0.05) is 17.8 Å². The second-order valence-electron chi connectivity index (χ2n) is 6.96. The van der Waals surface area contributed by atoms with Crippen LogP contribution in [0.25, 0.3) is 0 Å². The lowest BCUT2D eigenvalue weighted by atomic mass is 9.99. The van der Waals surface area contributed by atoms with Crippen LogP contribution >= 0.6 is 0 Å². The number of nitro groups is 1. The normalized spacial score (nSPS) is 18.0. The van der Waals surface area contributed by atoms with Crippen molar-refractivity contribution in [3.8, 4) is 0 Å². The van der Waals surface area contributed by atoms with Crippen molar-refractivity contribution in [3.05, 3.63) is 118 Å². The first-order chi connectivity index (χ1) is 14.6. The number of anilines is 1. The molecule has 150 valence electrons. The Balaban J connectivity index is 1.88. The summed E-state index contributed by atoms with van der Waals surface area (Å²) in [6.45, 7) is 0. The molecule has 1 aliphatic heterocycles. The van der Waals surface area contributed by atoms with E-state index in [0.29, 0.717) is 5.57 Å². The third-order valence-electron chi connectivity index (χ3n) is 5.25. The summed E-state index contributed by atoms with van der Waals surface area (Å²) in [7, 11) is 1.37. The van der Waals surface area contributed by atoms with Gasteiger partial charge in [0.1, 0.15) is 0 Å². The largest absolute Gasteiger partial charge is 0.466 e. The molecule has 0 saturated heterocycles. The van der Waals surface area contributed by atoms with Gasteiger partial charge in [0.05, 0.1) is 29.7 Å². The van der Waals surface area contributed by atoms with Crippen molar-refractivity contribution >= 4 is 17.3 Å². The van der Waals surface area contributed by atoms with Crippen LogP contribution in [0.3, 0.4) is 0 Å². The molecule has 0 fully saturated rings. The van der Waals surface area contributed by atoms with Crippen LogP contribution in [0.2, 0.25) is 0 Å². The standard InChI is InChI=1S/C24H20N2O4/c1-30-24(27)21-16-22(17-8-4-2-5-9-17)25(23(21)18-10-6-3-7-11-18)19-12-14-20(15-13-19)26(28)29/h2-16,22-23H,1H3/t22-,23+/m1/s1. The highest BCUT2D eigenvalue weighted by atomic mass is 16.6. The van der Waals surface area contributed by atoms with E-state index in [9.17, 15) is 14.9 Å². The van der Waals surface area contributed by atoms with Gasteiger partial charge in [-0.05, 0) is 29.3 Å². The smallest absolute Gasteiger partial charge is 0.335 e. The maximum Gasteiger partial charge on any atom is 0.335 e. The van der Waals surface area contributed by atoms with Gasteiger partial charge in [-0.25, -0.2) is 4.79 Å². The van der Waals surface area contributed by atoms with Gasteiger partial charge in [-0.1, -0.05) is 60.7 Å². The van der Waals surface area contributed by atoms with Gasteiger partial charge in [-0.3, -0.25) is 10.1 Å². The quantitative estimate of drug-likeness (QED) is 0.342. The number of nitrogens with zero attached hydrogens (tertiary/aromatic N) is 2. The van der Waals surface area contributed by atoms with E-state index in [-0.39, 0.29) is 17.8 Å². The maximum absolute atomic E-state index is 12.7. The van der Waals surface area contributed by atoms with Crippen LogP contribution < -0.4 is 4.90 Å². The molecule has 4 rings (SSSR count). The van der Waals surface area contributed by atoms with Crippen molar-refractivity contribution < 1.29 is 14.5 Å². The Morgan fingerprint density at radius 3 is 2.00 bits per heavy atom. The molecule has 0 bridgehead atoms. The van der Waals surface area contributed by atoms with Gasteiger partial charge in [0.2, 0.25) is 0 Å². The minimum absolute atomic E-state index is 0.0200. The van der Waals surface area contributed by atoms with E-state index < -0.39 is 10.9 Å². The van der Waals surface area contributed by atoms with Crippen molar-refractivity contribution in [3.63, 3.8) is 0 Å². The van der Waals surface area contributed by atoms with E-state index in [1.54, 1.807) is 12.1 Å². The van der Waals surface area contributed by atoms with E-state index in [2.05, 4.69) is 4.90 Å². The third-order valence-corrected chi connectivity index (χ3v) is 5.25. The summed E-state index contributed by atoms with van der Waals surface area (Å²) in [4.78, 5) is 25.5. The molecule has 1 heterocycles. The van der Waals surface area contributed by atoms with Crippen molar-refractivity contribution in [2.45, 2.75) is 12.1 Å². The number of benzene rings is 3. The minimum atomic E-state index is -0.421. The van der Waals surface area contributed by atoms with Crippen molar-refractivity contribution in [2.24, 2.45) is 0 Å². The van der Waals surface area contributed by atoms with E-state index >= 15 is 0 Å². The Bertz CT molecular complexity index is 1080. The number of carbonyl (C=O) groups excluding carboxylic acids is 1. The van der Waals surface area contributed by atoms with Gasteiger partial charge < -0.3 is 9.64 Å². The zero-order valence-corrected chi connectivity index (χ0v) is 16.3. The van der Waals surface area contributed by atoms with E-state index in [1.165, 1.54) is 19.2 Å². The molecule has 3 aromatic carbocycles. The molecular weight excluding hydrogens is 380 g/mol. The lowest BCUT2D eigenvalue weighted by Crippen LogP contribution is -2.29. The van der Waals surface area contributed by atoms with Gasteiger partial charge in [-0.2, -0.15) is 0 Å². The Morgan fingerprint density at radius 2 is 1.47 bits per heavy atom. The molecule has 0 aliphatic carbocycles. The van der Waals surface area contributed by atoms with Crippen LogP contribution in [0, 0.1) is 10.1 Å². The second kappa shape index (κ2) is 8.21. The second-order valence-corrected chi connectivity index (χ2v) is 6.96. The number of ether oxygens (including phenoxy) is 1. The first-order valence-electron chi connectivity index (χ1n) is 9.53. The molecule has 1 aliphatic rings. The highest BCUT2D eigenvalue weighted by Crippen LogP contribution is 2.46. The predicted molar refractivity (Wildman–Crippen MR) is 114 cm³/mol. The van der Waals surface area contributed by atoms with Crippen molar-refractivity contribution in [1.29, 1.82) is 0 Å². The molecule has 0 aromatic heterocycles. The zero-order chi connectivity index (χ0) is 21.1. The monoisotopic (exact) mass is 400 g/mol. The van der Waals surface area contributed by atoms with E-state index in [0.717, 1.165) is 16.8 Å². The molecule has 0 radical (unpaired) electrons. The average Bonchev–Trinajstić information content (AvgIpc) is 3.20. The fourth-order valence-electron chi connectivity index (χ4n) is 3.89. The summed E-state index contributed by atoms with van der Waals surface area (Å²) in [5.74, 6) is -0.394. The highest BCUT2D eigenvalue weighted by Gasteiger charge is 2.40. The zero-order valence-electron chi connectivity index (χ0n) is 16.3. The number of esters is 1. The molecule has 0 unspecified atom stereocenters. The molecule has 0 saturated carbocycles. The topological polar surface area (TPSA) is 72.7 Å². The summed E-state index contributed by atoms with van der Waals surface area (Å²) in [6.07, 6.45) is 1.92. The number of carbonyl (C=O) groups is 1. The van der Waals surface area contributed by atoms with Gasteiger partial charge in [0.15, 0.2) is 0 Å². The average molecular weight is 400 g/mol. The summed E-state index contributed by atoms with van der Waals surface area (Å²) < 4.78 is 5.08. The number of rotatable bonds is 5. The summed E-state index contributed by atoms with van der Waals surface area (Å²) in [5.41, 5.74) is 3.28. The fraction of sp³-hybridized carbons (Fsp3) is 0.125. The number of hydrogen-bond acceptors (Lipinski definition) is 5. The minimum Gasteiger partial charge on any atom is -0.466 e. The van der Waals surface area contributed by atoms with Gasteiger partial charge in [0.25, 0.3) is 5.69 Å². The Morgan fingerprint density at radius 1 is 0.900 bits per heavy atom. The number of nitro benzene ring substituents is 1. The Hall–Kier alpha value is -3.93. The van der Waals surface area contributed by atoms with Crippen LogP contribution in [-0.2, 0) is 9.53 Å². The lowest BCUT2D eigenvalue weighted by molar-refractivity contribution is -0.384. The van der Waals surface area contributed by atoms with Crippen LogP contribution in [0.4, 0.5) is 11.4 Å². The van der Waals surface area contributed by atoms with Crippen LogP contribution in [0.5, 0.6) is 0 Å². The molecule has 6 nitrogen and oxygen atoms in total. The maximum atomic E-state index is 12.7. The van der Waals surface area contributed by atoms with Crippen LogP contribution in [0.1, 0.15) is 23.2 Å². The Kier molecular flexibility index (Phi) is 5.30. The van der Waals surface area contributed by atoms with E-state index in [1.807, 2.05) is 66.7 Å². The number of non-ortho nitro benzene ring substituents is 1. The molecule has 0 N–H and O–H groups in total. The van der Waals surface area contributed by atoms with Crippen LogP contribution in [0.15, 0.2) is 96.6 Å². The first kappa shape index (κ1) is 19.4. The Labute approximate surface area is 174 Å². The number of methoxy groups -OCH3 is 1. The van der Waals surface area contributed by atoms with Crippen molar-refractivity contribution in [2.75, 3.05) is 12.0 Å². The van der Waals surface area contributed by atoms with E-state index in [4.69, 9.17) is 4.74 Å². The molecule has 0 amide bonds. The van der Waals surface area contributed by atoms with Gasteiger partial charge >= 0.3 is 5.97 Å². The summed E-state index contributed by atoms with van der Waals surface area (Å²) >= 11 is 0. The first-order valence-corrected chi connectivity index (χ1v) is 9.53. The molecular formula is C24H20N2O4. The SMILES string of the molecule is COC(=O)C1=C[C@H](c2ccccc2)N(c2ccc([N+](=O)[O-])cc2)[C@H]1c1ccccc1. The predicted octanol–water partition coefficient (Wildman–Crippen LogP) is 5.00. The lowest BCUT2D eigenvalue weighted by Gasteiger charge is -2.34. The molecule has 3 aromatic rings. The summed E-state index contributed by atoms with van der Waals surface area (Å²) in [6, 6.07) is 25.3. The van der Waals surface area contributed by atoms with Gasteiger partial charge in [-0.15, -0.1) is 0 Å². The number of hydrogen-bond donors (Lipinski definition) is 0. The molecule has 30 heavy (non-hydrogen) atoms. The molecule has 2 atom stereocenters. The molecule has 6 heteroatoms. The van der Waals surface area contributed by atoms with Crippen molar-refractivity contribution in [1.82, 2.24) is 0 Å².